The molecule has 0 aliphatic heterocycles. The number of benzene rings is 8. The van der Waals surface area contributed by atoms with Crippen LogP contribution in [0.4, 0.5) is 0 Å². The zero-order valence-corrected chi connectivity index (χ0v) is 29.8. The SMILES string of the molecule is c1ccc(-c2ccc(-c3nc(-c4cc(-c5ccccc5)cc(-c5ccc6oc7ccccc7c6c5)c4)nc(-c4ccccc4-c4ccccc4)n3)cc2)cc1. The first-order valence-corrected chi connectivity index (χ1v) is 18.4. The van der Waals surface area contributed by atoms with E-state index in [0.717, 1.165) is 83.1 Å². The molecule has 0 radical (unpaired) electrons. The van der Waals surface area contributed by atoms with Crippen LogP contribution in [0.1, 0.15) is 0 Å². The Balaban J connectivity index is 1.18. The fourth-order valence-electron chi connectivity index (χ4n) is 7.37. The quantitative estimate of drug-likeness (QED) is 0.166. The van der Waals surface area contributed by atoms with Gasteiger partial charge in [-0.15, -0.1) is 0 Å². The van der Waals surface area contributed by atoms with Crippen LogP contribution in [-0.2, 0) is 0 Å². The molecule has 2 heterocycles. The summed E-state index contributed by atoms with van der Waals surface area (Å²) in [6, 6.07) is 69.4. The maximum absolute atomic E-state index is 6.19. The molecule has 0 atom stereocenters. The Morgan fingerprint density at radius 2 is 0.709 bits per heavy atom. The number of fused-ring (bicyclic) bond motifs is 3. The highest BCUT2D eigenvalue weighted by Crippen LogP contribution is 2.38. The van der Waals surface area contributed by atoms with Gasteiger partial charge in [-0.2, -0.15) is 0 Å². The lowest BCUT2D eigenvalue weighted by atomic mass is 9.95. The van der Waals surface area contributed by atoms with Crippen LogP contribution in [0.5, 0.6) is 0 Å². The van der Waals surface area contributed by atoms with Gasteiger partial charge in [-0.05, 0) is 80.9 Å². The van der Waals surface area contributed by atoms with Gasteiger partial charge in [0.15, 0.2) is 17.5 Å². The van der Waals surface area contributed by atoms with Crippen LogP contribution >= 0.6 is 0 Å². The normalized spacial score (nSPS) is 11.3. The summed E-state index contributed by atoms with van der Waals surface area (Å²) in [6.07, 6.45) is 0. The first kappa shape index (κ1) is 32.2. The monoisotopic (exact) mass is 703 g/mol. The van der Waals surface area contributed by atoms with E-state index in [2.05, 4.69) is 164 Å². The van der Waals surface area contributed by atoms with Crippen molar-refractivity contribution < 1.29 is 4.42 Å². The highest BCUT2D eigenvalue weighted by molar-refractivity contribution is 6.06. The van der Waals surface area contributed by atoms with E-state index in [1.165, 1.54) is 0 Å². The fraction of sp³-hybridized carbons (Fsp3) is 0. The smallest absolute Gasteiger partial charge is 0.164 e. The van der Waals surface area contributed by atoms with E-state index in [0.29, 0.717) is 17.5 Å². The highest BCUT2D eigenvalue weighted by Gasteiger charge is 2.18. The number of para-hydroxylation sites is 1. The number of nitrogens with zero attached hydrogens (tertiary/aromatic N) is 3. The zero-order chi connectivity index (χ0) is 36.6. The van der Waals surface area contributed by atoms with Gasteiger partial charge in [0.2, 0.25) is 0 Å². The average Bonchev–Trinajstić information content (AvgIpc) is 3.65. The minimum absolute atomic E-state index is 0.601. The Morgan fingerprint density at radius 3 is 1.42 bits per heavy atom. The Kier molecular flexibility index (Phi) is 8.12. The van der Waals surface area contributed by atoms with E-state index in [1.807, 2.05) is 36.4 Å². The van der Waals surface area contributed by atoms with Crippen molar-refractivity contribution in [1.29, 1.82) is 0 Å². The van der Waals surface area contributed by atoms with Gasteiger partial charge in [0.05, 0.1) is 0 Å². The minimum atomic E-state index is 0.601. The molecule has 0 saturated heterocycles. The zero-order valence-electron chi connectivity index (χ0n) is 29.8. The molecule has 0 fully saturated rings. The molecule has 0 unspecified atom stereocenters. The Morgan fingerprint density at radius 1 is 0.255 bits per heavy atom. The molecule has 4 nitrogen and oxygen atoms in total. The molecular weight excluding hydrogens is 671 g/mol. The van der Waals surface area contributed by atoms with Crippen LogP contribution in [0, 0.1) is 0 Å². The van der Waals surface area contributed by atoms with Gasteiger partial charge in [-0.1, -0.05) is 164 Å². The molecule has 0 saturated carbocycles. The lowest BCUT2D eigenvalue weighted by Crippen LogP contribution is -2.01. The van der Waals surface area contributed by atoms with E-state index in [9.17, 15) is 0 Å². The molecular formula is C51H33N3O. The van der Waals surface area contributed by atoms with E-state index in [1.54, 1.807) is 0 Å². The summed E-state index contributed by atoms with van der Waals surface area (Å²) in [6.45, 7) is 0. The van der Waals surface area contributed by atoms with Crippen molar-refractivity contribution in [2.45, 2.75) is 0 Å². The van der Waals surface area contributed by atoms with Gasteiger partial charge < -0.3 is 4.42 Å². The summed E-state index contributed by atoms with van der Waals surface area (Å²) in [5.41, 5.74) is 13.3. The largest absolute Gasteiger partial charge is 0.456 e. The van der Waals surface area contributed by atoms with Crippen molar-refractivity contribution in [3.8, 4) is 78.7 Å². The summed E-state index contributed by atoms with van der Waals surface area (Å²) in [7, 11) is 0. The van der Waals surface area contributed by atoms with Crippen LogP contribution < -0.4 is 0 Å². The van der Waals surface area contributed by atoms with Gasteiger partial charge in [0, 0.05) is 27.5 Å². The molecule has 55 heavy (non-hydrogen) atoms. The fourth-order valence-corrected chi connectivity index (χ4v) is 7.37. The second-order valence-corrected chi connectivity index (χ2v) is 13.6. The first-order valence-electron chi connectivity index (χ1n) is 18.4. The van der Waals surface area contributed by atoms with Crippen LogP contribution in [0.25, 0.3) is 101 Å². The third-order valence-electron chi connectivity index (χ3n) is 10.1. The molecule has 10 rings (SSSR count). The third kappa shape index (κ3) is 6.26. The second-order valence-electron chi connectivity index (χ2n) is 13.6. The molecule has 8 aromatic carbocycles. The second kappa shape index (κ2) is 13.8. The van der Waals surface area contributed by atoms with Gasteiger partial charge in [0.1, 0.15) is 11.2 Å². The molecule has 0 aliphatic rings. The molecule has 0 bridgehead atoms. The Hall–Kier alpha value is -7.43. The molecule has 0 aliphatic carbocycles. The van der Waals surface area contributed by atoms with Gasteiger partial charge >= 0.3 is 0 Å². The maximum Gasteiger partial charge on any atom is 0.164 e. The third-order valence-corrected chi connectivity index (χ3v) is 10.1. The number of furan rings is 1. The van der Waals surface area contributed by atoms with Crippen molar-refractivity contribution in [3.05, 3.63) is 200 Å². The average molecular weight is 704 g/mol. The lowest BCUT2D eigenvalue weighted by molar-refractivity contribution is 0.669. The topological polar surface area (TPSA) is 51.8 Å². The lowest BCUT2D eigenvalue weighted by Gasteiger charge is -2.14. The van der Waals surface area contributed by atoms with Gasteiger partial charge in [-0.25, -0.2) is 15.0 Å². The summed E-state index contributed by atoms with van der Waals surface area (Å²) in [4.78, 5) is 15.7. The number of hydrogen-bond donors (Lipinski definition) is 0. The Labute approximate surface area is 319 Å². The van der Waals surface area contributed by atoms with E-state index >= 15 is 0 Å². The molecule has 0 N–H and O–H groups in total. The molecule has 0 spiro atoms. The standard InChI is InChI=1S/C51H33N3O/c1-4-14-34(15-5-1)36-24-26-38(27-25-36)49-52-50(54-51(53-49)45-22-11-10-20-43(45)37-18-8-3-9-19-37)42-31-40(35-16-6-2-7-17-35)30-41(32-42)39-28-29-48-46(33-39)44-21-12-13-23-47(44)55-48/h1-33H. The highest BCUT2D eigenvalue weighted by atomic mass is 16.3. The van der Waals surface area contributed by atoms with E-state index in [4.69, 9.17) is 19.4 Å². The van der Waals surface area contributed by atoms with E-state index < -0.39 is 0 Å². The van der Waals surface area contributed by atoms with Gasteiger partial charge in [0.25, 0.3) is 0 Å². The minimum Gasteiger partial charge on any atom is -0.456 e. The summed E-state index contributed by atoms with van der Waals surface area (Å²) in [5.74, 6) is 1.83. The summed E-state index contributed by atoms with van der Waals surface area (Å²) < 4.78 is 6.19. The predicted molar refractivity (Wildman–Crippen MR) is 225 cm³/mol. The first-order chi connectivity index (χ1) is 27.2. The van der Waals surface area contributed by atoms with Crippen molar-refractivity contribution >= 4 is 21.9 Å². The van der Waals surface area contributed by atoms with Crippen LogP contribution in [0.15, 0.2) is 205 Å². The summed E-state index contributed by atoms with van der Waals surface area (Å²) in [5, 5.41) is 2.18. The summed E-state index contributed by atoms with van der Waals surface area (Å²) >= 11 is 0. The van der Waals surface area contributed by atoms with Crippen molar-refractivity contribution in [1.82, 2.24) is 15.0 Å². The molecule has 258 valence electrons. The molecule has 2 aromatic heterocycles. The number of hydrogen-bond acceptors (Lipinski definition) is 4. The number of rotatable bonds is 7. The predicted octanol–water partition coefficient (Wildman–Crippen LogP) is 13.4. The van der Waals surface area contributed by atoms with Crippen LogP contribution in [0.2, 0.25) is 0 Å². The van der Waals surface area contributed by atoms with Crippen molar-refractivity contribution in [3.63, 3.8) is 0 Å². The molecule has 0 amide bonds. The van der Waals surface area contributed by atoms with Gasteiger partial charge in [-0.3, -0.25) is 0 Å². The van der Waals surface area contributed by atoms with Crippen LogP contribution in [0.3, 0.4) is 0 Å². The van der Waals surface area contributed by atoms with Crippen molar-refractivity contribution in [2.24, 2.45) is 0 Å². The van der Waals surface area contributed by atoms with E-state index in [-0.39, 0.29) is 0 Å². The van der Waals surface area contributed by atoms with Crippen LogP contribution in [-0.4, -0.2) is 15.0 Å². The number of aromatic nitrogens is 3. The maximum atomic E-state index is 6.19. The molecule has 10 aromatic rings. The molecule has 4 heteroatoms. The Bertz CT molecular complexity index is 2950. The van der Waals surface area contributed by atoms with Crippen molar-refractivity contribution in [2.75, 3.05) is 0 Å².